The summed E-state index contributed by atoms with van der Waals surface area (Å²) in [5.74, 6) is 0. The summed E-state index contributed by atoms with van der Waals surface area (Å²) in [6.45, 7) is 12.3. The fourth-order valence-corrected chi connectivity index (χ4v) is 2.69. The molecule has 148 valence electrons. The lowest BCUT2D eigenvalue weighted by molar-refractivity contribution is 0.0495. The van der Waals surface area contributed by atoms with Crippen LogP contribution in [0.4, 0.5) is 4.79 Å². The van der Waals surface area contributed by atoms with Crippen molar-refractivity contribution in [2.45, 2.75) is 71.6 Å². The van der Waals surface area contributed by atoms with Gasteiger partial charge in [0, 0.05) is 18.8 Å². The van der Waals surface area contributed by atoms with E-state index in [0.717, 1.165) is 24.1 Å². The Morgan fingerprint density at radius 2 is 2.00 bits per heavy atom. The number of ether oxygens (including phenoxy) is 1. The van der Waals surface area contributed by atoms with Crippen LogP contribution in [0.1, 0.15) is 64.8 Å². The van der Waals surface area contributed by atoms with Crippen LogP contribution in [0.5, 0.6) is 0 Å². The maximum absolute atomic E-state index is 11.9. The Kier molecular flexibility index (Phi) is 8.31. The molecule has 0 radical (unpaired) electrons. The van der Waals surface area contributed by atoms with Crippen molar-refractivity contribution >= 4 is 17.7 Å². The topological polar surface area (TPSA) is 83.5 Å². The molecular formula is C19H32ClN3O3. The maximum Gasteiger partial charge on any atom is 0.408 e. The Labute approximate surface area is 161 Å². The van der Waals surface area contributed by atoms with Gasteiger partial charge in [0.2, 0.25) is 0 Å². The Morgan fingerprint density at radius 3 is 2.50 bits per heavy atom. The number of carbonyl (C=O) groups excluding carboxylic acids is 1. The van der Waals surface area contributed by atoms with Gasteiger partial charge in [-0.1, -0.05) is 25.4 Å². The molecule has 0 aromatic carbocycles. The third-order valence-corrected chi connectivity index (χ3v) is 3.94. The number of aliphatic hydroxyl groups is 1. The van der Waals surface area contributed by atoms with E-state index in [4.69, 9.17) is 16.3 Å². The summed E-state index contributed by atoms with van der Waals surface area (Å²) in [7, 11) is 0. The first kappa shape index (κ1) is 22.7. The average Bonchev–Trinajstić information content (AvgIpc) is 3.25. The Morgan fingerprint density at radius 1 is 1.38 bits per heavy atom. The number of amides is 1. The van der Waals surface area contributed by atoms with Crippen LogP contribution < -0.4 is 10.6 Å². The highest BCUT2D eigenvalue weighted by Gasteiger charge is 2.44. The molecule has 1 unspecified atom stereocenters. The van der Waals surface area contributed by atoms with Crippen LogP contribution in [-0.4, -0.2) is 40.4 Å². The molecule has 1 amide bonds. The van der Waals surface area contributed by atoms with E-state index < -0.39 is 17.8 Å². The number of pyridine rings is 1. The van der Waals surface area contributed by atoms with Crippen molar-refractivity contribution in [1.29, 1.82) is 0 Å². The van der Waals surface area contributed by atoms with Crippen LogP contribution >= 0.6 is 11.6 Å². The zero-order valence-electron chi connectivity index (χ0n) is 16.6. The van der Waals surface area contributed by atoms with Gasteiger partial charge >= 0.3 is 6.09 Å². The van der Waals surface area contributed by atoms with Gasteiger partial charge in [0.05, 0.1) is 11.6 Å². The zero-order valence-corrected chi connectivity index (χ0v) is 17.4. The van der Waals surface area contributed by atoms with Gasteiger partial charge in [-0.2, -0.15) is 0 Å². The standard InChI is InChI=1S/C17H26ClN3O3.C2H6/c1-11-7-12(8-14(18)20-11)13(22)9-19-10-17(5-6-17)21-15(23)24-16(2,3)4;1-2/h7-8,13,19,22H,5-6,9-10H2,1-4H3,(H,21,23);1-2H3. The minimum Gasteiger partial charge on any atom is -0.444 e. The number of nitrogens with one attached hydrogen (secondary N) is 2. The van der Waals surface area contributed by atoms with E-state index in [2.05, 4.69) is 15.6 Å². The number of aromatic nitrogens is 1. The van der Waals surface area contributed by atoms with E-state index in [0.29, 0.717) is 18.2 Å². The summed E-state index contributed by atoms with van der Waals surface area (Å²) in [5, 5.41) is 16.8. The fourth-order valence-electron chi connectivity index (χ4n) is 2.43. The number of hydrogen-bond donors (Lipinski definition) is 3. The highest BCUT2D eigenvalue weighted by Crippen LogP contribution is 2.35. The average molecular weight is 386 g/mol. The molecule has 1 aromatic heterocycles. The number of hydrogen-bond acceptors (Lipinski definition) is 5. The van der Waals surface area contributed by atoms with Gasteiger partial charge < -0.3 is 20.5 Å². The van der Waals surface area contributed by atoms with Crippen molar-refractivity contribution < 1.29 is 14.6 Å². The number of aliphatic hydroxyl groups excluding tert-OH is 1. The van der Waals surface area contributed by atoms with E-state index in [-0.39, 0.29) is 5.54 Å². The molecule has 1 aliphatic rings. The number of alkyl carbamates (subject to hydrolysis) is 1. The molecule has 0 spiro atoms. The predicted octanol–water partition coefficient (Wildman–Crippen LogP) is 3.75. The van der Waals surface area contributed by atoms with E-state index in [1.165, 1.54) is 0 Å². The highest BCUT2D eigenvalue weighted by molar-refractivity contribution is 6.29. The van der Waals surface area contributed by atoms with E-state index in [9.17, 15) is 9.90 Å². The molecule has 26 heavy (non-hydrogen) atoms. The first-order valence-corrected chi connectivity index (χ1v) is 9.50. The van der Waals surface area contributed by atoms with Gasteiger partial charge in [-0.25, -0.2) is 9.78 Å². The Hall–Kier alpha value is -1.37. The van der Waals surface area contributed by atoms with Crippen LogP contribution in [-0.2, 0) is 4.74 Å². The largest absolute Gasteiger partial charge is 0.444 e. The molecule has 6 nitrogen and oxygen atoms in total. The molecule has 0 aliphatic heterocycles. The summed E-state index contributed by atoms with van der Waals surface area (Å²) < 4.78 is 5.29. The Bertz CT molecular complexity index is 578. The number of carbonyl (C=O) groups is 1. The number of halogens is 1. The van der Waals surface area contributed by atoms with E-state index in [1.54, 1.807) is 6.07 Å². The van der Waals surface area contributed by atoms with Crippen LogP contribution in [0.2, 0.25) is 5.15 Å². The highest BCUT2D eigenvalue weighted by atomic mass is 35.5. The molecular weight excluding hydrogens is 354 g/mol. The van der Waals surface area contributed by atoms with Crippen LogP contribution in [0, 0.1) is 6.92 Å². The molecule has 0 bridgehead atoms. The molecule has 2 rings (SSSR count). The van der Waals surface area contributed by atoms with Gasteiger partial charge in [-0.15, -0.1) is 0 Å². The van der Waals surface area contributed by atoms with Crippen molar-refractivity contribution in [3.05, 3.63) is 28.5 Å². The van der Waals surface area contributed by atoms with Gasteiger partial charge in [-0.3, -0.25) is 0 Å². The first-order valence-electron chi connectivity index (χ1n) is 9.13. The lowest BCUT2D eigenvalue weighted by Gasteiger charge is -2.24. The van der Waals surface area contributed by atoms with Crippen molar-refractivity contribution in [3.8, 4) is 0 Å². The minimum absolute atomic E-state index is 0.270. The summed E-state index contributed by atoms with van der Waals surface area (Å²) in [6, 6.07) is 3.47. The third-order valence-electron chi connectivity index (χ3n) is 3.75. The van der Waals surface area contributed by atoms with Crippen LogP contribution in [0.15, 0.2) is 12.1 Å². The normalized spacial score (nSPS) is 16.2. The summed E-state index contributed by atoms with van der Waals surface area (Å²) in [6.07, 6.45) is 0.714. The molecule has 1 atom stereocenters. The molecule has 1 aliphatic carbocycles. The quantitative estimate of drug-likeness (QED) is 0.649. The molecule has 1 fully saturated rings. The lowest BCUT2D eigenvalue weighted by atomic mass is 10.1. The van der Waals surface area contributed by atoms with Crippen molar-refractivity contribution in [3.63, 3.8) is 0 Å². The maximum atomic E-state index is 11.9. The van der Waals surface area contributed by atoms with E-state index >= 15 is 0 Å². The molecule has 3 N–H and O–H groups in total. The SMILES string of the molecule is CC.Cc1cc(C(O)CNCC2(NC(=O)OC(C)(C)C)CC2)cc(Cl)n1. The van der Waals surface area contributed by atoms with E-state index in [1.807, 2.05) is 47.6 Å². The van der Waals surface area contributed by atoms with Crippen LogP contribution in [0.3, 0.4) is 0 Å². The molecule has 7 heteroatoms. The molecule has 1 aromatic rings. The minimum atomic E-state index is -0.679. The van der Waals surface area contributed by atoms with Gasteiger partial charge in [0.15, 0.2) is 0 Å². The summed E-state index contributed by atoms with van der Waals surface area (Å²) in [4.78, 5) is 16.0. The smallest absolute Gasteiger partial charge is 0.408 e. The van der Waals surface area contributed by atoms with Gasteiger partial charge in [0.1, 0.15) is 10.8 Å². The number of nitrogens with zero attached hydrogens (tertiary/aromatic N) is 1. The first-order chi connectivity index (χ1) is 12.1. The van der Waals surface area contributed by atoms with Gasteiger partial charge in [-0.05, 0) is 58.2 Å². The summed E-state index contributed by atoms with van der Waals surface area (Å²) in [5.41, 5.74) is 0.711. The van der Waals surface area contributed by atoms with Crippen LogP contribution in [0.25, 0.3) is 0 Å². The molecule has 1 saturated carbocycles. The number of aryl methyl sites for hydroxylation is 1. The second-order valence-corrected chi connectivity index (χ2v) is 7.81. The lowest BCUT2D eigenvalue weighted by Crippen LogP contribution is -2.46. The molecule has 0 saturated heterocycles. The third kappa shape index (κ3) is 7.89. The van der Waals surface area contributed by atoms with Gasteiger partial charge in [0.25, 0.3) is 0 Å². The second kappa shape index (κ2) is 9.53. The van der Waals surface area contributed by atoms with Crippen molar-refractivity contribution in [2.24, 2.45) is 0 Å². The fraction of sp³-hybridized carbons (Fsp3) is 0.684. The Balaban J connectivity index is 0.00000163. The zero-order chi connectivity index (χ0) is 20.0. The number of rotatable bonds is 6. The monoisotopic (exact) mass is 385 g/mol. The van der Waals surface area contributed by atoms with Crippen molar-refractivity contribution in [1.82, 2.24) is 15.6 Å². The second-order valence-electron chi connectivity index (χ2n) is 7.42. The summed E-state index contributed by atoms with van der Waals surface area (Å²) >= 11 is 5.92. The predicted molar refractivity (Wildman–Crippen MR) is 104 cm³/mol. The molecule has 1 heterocycles. The van der Waals surface area contributed by atoms with Crippen molar-refractivity contribution in [2.75, 3.05) is 13.1 Å².